The largest absolute Gasteiger partial charge is 0.496 e. The highest BCUT2D eigenvalue weighted by molar-refractivity contribution is 7.80. The van der Waals surface area contributed by atoms with Gasteiger partial charge in [-0.15, -0.1) is 0 Å². The maximum Gasteiger partial charge on any atom is 0.282 e. The lowest BCUT2D eigenvalue weighted by Gasteiger charge is -2.40. The molecule has 0 atom stereocenters. The van der Waals surface area contributed by atoms with E-state index in [0.717, 1.165) is 0 Å². The molecule has 2 aromatic carbocycles. The molecule has 0 spiro atoms. The van der Waals surface area contributed by atoms with Crippen molar-refractivity contribution in [2.24, 2.45) is 10.7 Å². The van der Waals surface area contributed by atoms with Gasteiger partial charge >= 0.3 is 0 Å². The molecule has 1 fully saturated rings. The number of rotatable bonds is 7. The number of anilines is 1. The Hall–Kier alpha value is -3.24. The van der Waals surface area contributed by atoms with E-state index >= 15 is 0 Å². The molecule has 0 aromatic heterocycles. The van der Waals surface area contributed by atoms with Crippen LogP contribution in [0, 0.1) is 0 Å². The number of thiocarbonyl (C=S) groups is 1. The number of likely N-dealkylation sites (tertiary alicyclic amines) is 1. The first kappa shape index (κ1) is 24.4. The smallest absolute Gasteiger partial charge is 0.282 e. The number of nitrogens with zero attached hydrogens (tertiary/aromatic N) is 2. The summed E-state index contributed by atoms with van der Waals surface area (Å²) in [5.41, 5.74) is 6.96. The van der Waals surface area contributed by atoms with Crippen LogP contribution in [-0.4, -0.2) is 48.8 Å². The predicted octanol–water partition coefficient (Wildman–Crippen LogP) is 4.87. The fourth-order valence-corrected chi connectivity index (χ4v) is 3.62. The number of allylic oxidation sites excluding steroid dienone is 1. The average Bonchev–Trinajstić information content (AvgIpc) is 2.76. The maximum atomic E-state index is 13.1. The summed E-state index contributed by atoms with van der Waals surface area (Å²) in [5.74, 6) is -2.39. The lowest BCUT2D eigenvalue weighted by atomic mass is 10.0. The Morgan fingerprint density at radius 3 is 2.55 bits per heavy atom. The van der Waals surface area contributed by atoms with Gasteiger partial charge < -0.3 is 25.4 Å². The molecule has 1 aliphatic heterocycles. The van der Waals surface area contributed by atoms with Crippen LogP contribution in [0.3, 0.4) is 0 Å². The molecule has 3 N–H and O–H groups in total. The number of methoxy groups -OCH3 is 1. The van der Waals surface area contributed by atoms with Crippen LogP contribution in [0.25, 0.3) is 5.76 Å². The summed E-state index contributed by atoms with van der Waals surface area (Å²) in [5, 5.41) is 3.29. The second kappa shape index (κ2) is 9.72. The third kappa shape index (κ3) is 5.40. The van der Waals surface area contributed by atoms with Gasteiger partial charge in [-0.25, -0.2) is 8.78 Å². The molecule has 174 valence electrons. The van der Waals surface area contributed by atoms with Crippen LogP contribution in [0.2, 0.25) is 5.02 Å². The molecule has 1 amide bonds. The van der Waals surface area contributed by atoms with Crippen molar-refractivity contribution in [3.05, 3.63) is 52.6 Å². The lowest BCUT2D eigenvalue weighted by Crippen LogP contribution is -2.59. The van der Waals surface area contributed by atoms with Crippen LogP contribution in [0.5, 0.6) is 11.5 Å². The second-order valence-electron chi connectivity index (χ2n) is 7.13. The SMILES string of the molecule is C=Nc1cc(OC)c(C(N)=O)cc1/C(=C\C)Oc1ccc(NC(=S)N2CC(F)(F)C2)c(Cl)c1. The van der Waals surface area contributed by atoms with Crippen molar-refractivity contribution in [3.63, 3.8) is 0 Å². The molecule has 0 bridgehead atoms. The molecule has 1 aliphatic rings. The first-order valence-electron chi connectivity index (χ1n) is 9.65. The first-order chi connectivity index (χ1) is 15.6. The Labute approximate surface area is 199 Å². The van der Waals surface area contributed by atoms with Crippen molar-refractivity contribution in [2.45, 2.75) is 12.8 Å². The van der Waals surface area contributed by atoms with E-state index in [-0.39, 0.29) is 21.4 Å². The molecule has 1 heterocycles. The molecule has 11 heteroatoms. The molecule has 3 rings (SSSR count). The number of ether oxygens (including phenoxy) is 2. The van der Waals surface area contributed by atoms with Crippen molar-refractivity contribution in [3.8, 4) is 11.5 Å². The zero-order valence-electron chi connectivity index (χ0n) is 17.8. The topological polar surface area (TPSA) is 89.2 Å². The Morgan fingerprint density at radius 2 is 2.03 bits per heavy atom. The third-order valence-electron chi connectivity index (χ3n) is 4.82. The van der Waals surface area contributed by atoms with Crippen molar-refractivity contribution < 1.29 is 23.0 Å². The normalized spacial score (nSPS) is 14.8. The molecular formula is C22H21ClF2N4O3S. The highest BCUT2D eigenvalue weighted by atomic mass is 35.5. The third-order valence-corrected chi connectivity index (χ3v) is 5.50. The number of primary amides is 1. The van der Waals surface area contributed by atoms with Gasteiger partial charge in [-0.1, -0.05) is 11.6 Å². The highest BCUT2D eigenvalue weighted by Crippen LogP contribution is 2.36. The number of aliphatic imine (C=N–C) groups is 1. The summed E-state index contributed by atoms with van der Waals surface area (Å²) in [7, 11) is 1.41. The summed E-state index contributed by atoms with van der Waals surface area (Å²) in [6, 6.07) is 7.84. The van der Waals surface area contributed by atoms with Crippen LogP contribution >= 0.6 is 23.8 Å². The number of carbonyl (C=O) groups excluding carboxylic acids is 1. The Balaban J connectivity index is 1.82. The van der Waals surface area contributed by atoms with E-state index in [2.05, 4.69) is 17.0 Å². The van der Waals surface area contributed by atoms with Crippen molar-refractivity contribution in [1.82, 2.24) is 4.90 Å². The number of carbonyl (C=O) groups is 1. The van der Waals surface area contributed by atoms with Gasteiger partial charge in [-0.3, -0.25) is 9.79 Å². The monoisotopic (exact) mass is 494 g/mol. The van der Waals surface area contributed by atoms with E-state index < -0.39 is 24.9 Å². The first-order valence-corrected chi connectivity index (χ1v) is 10.4. The van der Waals surface area contributed by atoms with E-state index in [1.807, 2.05) is 0 Å². The fourth-order valence-electron chi connectivity index (χ4n) is 3.17. The number of hydrogen-bond donors (Lipinski definition) is 2. The zero-order chi connectivity index (χ0) is 24.3. The van der Waals surface area contributed by atoms with E-state index in [4.69, 9.17) is 39.0 Å². The quantitative estimate of drug-likeness (QED) is 0.324. The number of hydrogen-bond acceptors (Lipinski definition) is 5. The van der Waals surface area contributed by atoms with Crippen LogP contribution in [0.4, 0.5) is 20.2 Å². The second-order valence-corrected chi connectivity index (χ2v) is 7.92. The summed E-state index contributed by atoms with van der Waals surface area (Å²) in [4.78, 5) is 17.2. The summed E-state index contributed by atoms with van der Waals surface area (Å²) >= 11 is 11.5. The van der Waals surface area contributed by atoms with Crippen molar-refractivity contribution >= 4 is 58.7 Å². The molecule has 33 heavy (non-hydrogen) atoms. The molecule has 1 saturated heterocycles. The molecule has 2 aromatic rings. The lowest BCUT2D eigenvalue weighted by molar-refractivity contribution is -0.0999. The van der Waals surface area contributed by atoms with Crippen LogP contribution in [-0.2, 0) is 0 Å². The maximum absolute atomic E-state index is 13.1. The molecule has 7 nitrogen and oxygen atoms in total. The van der Waals surface area contributed by atoms with Gasteiger partial charge in [-0.2, -0.15) is 0 Å². The number of halogens is 3. The van der Waals surface area contributed by atoms with E-state index in [9.17, 15) is 13.6 Å². The number of benzene rings is 2. The minimum atomic E-state index is -2.73. The number of nitrogens with one attached hydrogen (secondary N) is 1. The van der Waals surface area contributed by atoms with Gasteiger partial charge in [-0.05, 0) is 50.1 Å². The summed E-state index contributed by atoms with van der Waals surface area (Å²) < 4.78 is 37.3. The molecular weight excluding hydrogens is 474 g/mol. The van der Waals surface area contributed by atoms with Crippen molar-refractivity contribution in [1.29, 1.82) is 0 Å². The Morgan fingerprint density at radius 1 is 1.33 bits per heavy atom. The number of amides is 1. The Bertz CT molecular complexity index is 1150. The molecule has 0 aliphatic carbocycles. The fraction of sp³-hybridized carbons (Fsp3) is 0.227. The van der Waals surface area contributed by atoms with Crippen LogP contribution < -0.4 is 20.5 Å². The minimum Gasteiger partial charge on any atom is -0.496 e. The molecule has 0 saturated carbocycles. The summed E-state index contributed by atoms with van der Waals surface area (Å²) in [6.07, 6.45) is 1.68. The average molecular weight is 495 g/mol. The Kier molecular flexibility index (Phi) is 7.19. The van der Waals surface area contributed by atoms with E-state index in [1.54, 1.807) is 31.2 Å². The highest BCUT2D eigenvalue weighted by Gasteiger charge is 2.45. The summed E-state index contributed by atoms with van der Waals surface area (Å²) in [6.45, 7) is 4.43. The minimum absolute atomic E-state index is 0.157. The predicted molar refractivity (Wildman–Crippen MR) is 129 cm³/mol. The van der Waals surface area contributed by atoms with Gasteiger partial charge in [0.25, 0.3) is 11.8 Å². The van der Waals surface area contributed by atoms with Gasteiger partial charge in [0.15, 0.2) is 5.11 Å². The van der Waals surface area contributed by atoms with E-state index in [1.165, 1.54) is 24.1 Å². The zero-order valence-corrected chi connectivity index (χ0v) is 19.4. The van der Waals surface area contributed by atoms with Gasteiger partial charge in [0.2, 0.25) is 0 Å². The van der Waals surface area contributed by atoms with Crippen LogP contribution in [0.15, 0.2) is 41.4 Å². The number of nitrogens with two attached hydrogens (primary N) is 1. The standard InChI is InChI=1S/C22H21ClF2N4O3S/c1-4-18(13-8-14(20(26)30)19(31-3)9-17(13)27-2)32-12-5-6-16(15(23)7-12)28-21(33)29-10-22(24,25)11-29/h4-9H,2,10-11H2,1,3H3,(H2,26,30)(H,28,33)/b18-4+. The van der Waals surface area contributed by atoms with Gasteiger partial charge in [0, 0.05) is 17.7 Å². The van der Waals surface area contributed by atoms with Crippen LogP contribution in [0.1, 0.15) is 22.8 Å². The van der Waals surface area contributed by atoms with E-state index in [0.29, 0.717) is 28.4 Å². The molecule has 0 radical (unpaired) electrons. The number of alkyl halides is 2. The van der Waals surface area contributed by atoms with Crippen molar-refractivity contribution in [2.75, 3.05) is 25.5 Å². The van der Waals surface area contributed by atoms with Gasteiger partial charge in [0.05, 0.1) is 42.2 Å². The molecule has 0 unspecified atom stereocenters. The van der Waals surface area contributed by atoms with Gasteiger partial charge in [0.1, 0.15) is 17.3 Å².